The monoisotopic (exact) mass is 330 g/mol. The molecule has 1 aliphatic heterocycles. The van der Waals surface area contributed by atoms with Crippen LogP contribution in [0.1, 0.15) is 44.2 Å². The molecule has 2 nitrogen and oxygen atoms in total. The van der Waals surface area contributed by atoms with Gasteiger partial charge < -0.3 is 5.32 Å². The second-order valence-corrected chi connectivity index (χ2v) is 6.47. The van der Waals surface area contributed by atoms with Crippen molar-refractivity contribution in [2.45, 2.75) is 44.7 Å². The van der Waals surface area contributed by atoms with E-state index in [1.165, 1.54) is 31.0 Å². The number of hydrogen-bond acceptors (Lipinski definition) is 2. The molecule has 1 heterocycles. The van der Waals surface area contributed by atoms with Crippen LogP contribution in [0.4, 0.5) is 8.78 Å². The topological polar surface area (TPSA) is 15.3 Å². The standard InChI is InChI=1S/C17H24F2N2.ClH/c1-12(17-15(18)3-2-4-16(17)19)21-9-7-14(8-10-21)20-11-13-5-6-13;/h2-4,12-14,20H,5-11H2,1H3;1H. The number of piperidine rings is 1. The normalized spacial score (nSPS) is 21.4. The summed E-state index contributed by atoms with van der Waals surface area (Å²) < 4.78 is 27.7. The maximum absolute atomic E-state index is 13.9. The minimum atomic E-state index is -0.434. The van der Waals surface area contributed by atoms with E-state index in [2.05, 4.69) is 10.2 Å². The van der Waals surface area contributed by atoms with Gasteiger partial charge in [-0.1, -0.05) is 6.07 Å². The second-order valence-electron chi connectivity index (χ2n) is 6.47. The molecule has 0 bridgehead atoms. The molecule has 5 heteroatoms. The van der Waals surface area contributed by atoms with Crippen molar-refractivity contribution < 1.29 is 8.78 Å². The van der Waals surface area contributed by atoms with Crippen molar-refractivity contribution >= 4 is 12.4 Å². The number of nitrogens with one attached hydrogen (secondary N) is 1. The van der Waals surface area contributed by atoms with E-state index in [1.54, 1.807) is 0 Å². The van der Waals surface area contributed by atoms with Crippen molar-refractivity contribution in [3.63, 3.8) is 0 Å². The molecule has 1 N–H and O–H groups in total. The summed E-state index contributed by atoms with van der Waals surface area (Å²) in [5.41, 5.74) is 0.210. The summed E-state index contributed by atoms with van der Waals surface area (Å²) in [6.45, 7) is 4.84. The lowest BCUT2D eigenvalue weighted by molar-refractivity contribution is 0.147. The number of benzene rings is 1. The SMILES string of the molecule is CC(c1c(F)cccc1F)N1CCC(NCC2CC2)CC1.Cl. The molecule has 0 radical (unpaired) electrons. The summed E-state index contributed by atoms with van der Waals surface area (Å²) in [5.74, 6) is 0.0300. The number of halogens is 3. The van der Waals surface area contributed by atoms with Crippen LogP contribution >= 0.6 is 12.4 Å². The summed E-state index contributed by atoms with van der Waals surface area (Å²) in [7, 11) is 0. The molecule has 1 unspecified atom stereocenters. The Morgan fingerprint density at radius 1 is 1.14 bits per heavy atom. The van der Waals surface area contributed by atoms with Crippen LogP contribution in [0.2, 0.25) is 0 Å². The highest BCUT2D eigenvalue weighted by molar-refractivity contribution is 5.85. The molecule has 2 fully saturated rings. The van der Waals surface area contributed by atoms with Gasteiger partial charge in [-0.25, -0.2) is 8.78 Å². The molecule has 3 rings (SSSR count). The number of nitrogens with zero attached hydrogens (tertiary/aromatic N) is 1. The van der Waals surface area contributed by atoms with Crippen LogP contribution < -0.4 is 5.32 Å². The van der Waals surface area contributed by atoms with Gasteiger partial charge in [0.05, 0.1) is 0 Å². The summed E-state index contributed by atoms with van der Waals surface area (Å²) in [4.78, 5) is 2.19. The molecule has 0 aromatic heterocycles. The predicted octanol–water partition coefficient (Wildman–Crippen LogP) is 3.91. The Morgan fingerprint density at radius 2 is 1.73 bits per heavy atom. The van der Waals surface area contributed by atoms with E-state index in [0.717, 1.165) is 38.4 Å². The van der Waals surface area contributed by atoms with Crippen LogP contribution in [-0.4, -0.2) is 30.6 Å². The Labute approximate surface area is 137 Å². The summed E-state index contributed by atoms with van der Waals surface area (Å²) in [6, 6.07) is 4.49. The van der Waals surface area contributed by atoms with E-state index in [4.69, 9.17) is 0 Å². The molecule has 1 aliphatic carbocycles. The molecule has 1 saturated heterocycles. The van der Waals surface area contributed by atoms with Gasteiger partial charge in [0.2, 0.25) is 0 Å². The zero-order valence-electron chi connectivity index (χ0n) is 13.0. The molecule has 1 aromatic rings. The Balaban J connectivity index is 0.00000176. The fourth-order valence-electron chi connectivity index (χ4n) is 3.24. The van der Waals surface area contributed by atoms with E-state index in [-0.39, 0.29) is 24.0 Å². The van der Waals surface area contributed by atoms with E-state index >= 15 is 0 Å². The number of rotatable bonds is 5. The third kappa shape index (κ3) is 4.18. The first-order chi connectivity index (χ1) is 10.1. The van der Waals surface area contributed by atoms with E-state index in [9.17, 15) is 8.78 Å². The van der Waals surface area contributed by atoms with E-state index in [1.807, 2.05) is 6.92 Å². The lowest BCUT2D eigenvalue weighted by Crippen LogP contribution is -2.44. The summed E-state index contributed by atoms with van der Waals surface area (Å²) in [5, 5.41) is 3.63. The number of likely N-dealkylation sites (tertiary alicyclic amines) is 1. The van der Waals surface area contributed by atoms with Crippen molar-refractivity contribution in [2.75, 3.05) is 19.6 Å². The zero-order valence-corrected chi connectivity index (χ0v) is 13.8. The Kier molecular flexibility index (Phi) is 6.18. The van der Waals surface area contributed by atoms with Gasteiger partial charge >= 0.3 is 0 Å². The van der Waals surface area contributed by atoms with Gasteiger partial charge in [-0.05, 0) is 57.2 Å². The molecule has 0 spiro atoms. The van der Waals surface area contributed by atoms with Gasteiger partial charge in [-0.3, -0.25) is 4.90 Å². The van der Waals surface area contributed by atoms with Crippen LogP contribution in [0.25, 0.3) is 0 Å². The second kappa shape index (κ2) is 7.71. The lowest BCUT2D eigenvalue weighted by atomic mass is 9.99. The maximum atomic E-state index is 13.9. The van der Waals surface area contributed by atoms with Crippen LogP contribution in [0, 0.1) is 17.6 Å². The Bertz CT molecular complexity index is 465. The summed E-state index contributed by atoms with van der Waals surface area (Å²) in [6.07, 6.45) is 4.87. The molecule has 22 heavy (non-hydrogen) atoms. The van der Waals surface area contributed by atoms with Gasteiger partial charge in [-0.15, -0.1) is 12.4 Å². The average Bonchev–Trinajstić information content (AvgIpc) is 3.29. The van der Waals surface area contributed by atoms with Gasteiger partial charge in [0.25, 0.3) is 0 Å². The minimum absolute atomic E-state index is 0. The molecule has 124 valence electrons. The fourth-order valence-corrected chi connectivity index (χ4v) is 3.24. The smallest absolute Gasteiger partial charge is 0.130 e. The first kappa shape index (κ1) is 17.6. The van der Waals surface area contributed by atoms with Crippen molar-refractivity contribution in [3.05, 3.63) is 35.4 Å². The third-order valence-electron chi connectivity index (χ3n) is 4.89. The van der Waals surface area contributed by atoms with Gasteiger partial charge in [-0.2, -0.15) is 0 Å². The quantitative estimate of drug-likeness (QED) is 0.880. The van der Waals surface area contributed by atoms with E-state index < -0.39 is 11.6 Å². The highest BCUT2D eigenvalue weighted by atomic mass is 35.5. The molecule has 2 aliphatic rings. The lowest BCUT2D eigenvalue weighted by Gasteiger charge is -2.36. The van der Waals surface area contributed by atoms with Crippen molar-refractivity contribution in [3.8, 4) is 0 Å². The van der Waals surface area contributed by atoms with Gasteiger partial charge in [0.1, 0.15) is 11.6 Å². The molecule has 1 atom stereocenters. The van der Waals surface area contributed by atoms with Crippen LogP contribution in [0.3, 0.4) is 0 Å². The largest absolute Gasteiger partial charge is 0.314 e. The minimum Gasteiger partial charge on any atom is -0.314 e. The number of hydrogen-bond donors (Lipinski definition) is 1. The van der Waals surface area contributed by atoms with Crippen molar-refractivity contribution in [1.29, 1.82) is 0 Å². The van der Waals surface area contributed by atoms with Crippen LogP contribution in [-0.2, 0) is 0 Å². The third-order valence-corrected chi connectivity index (χ3v) is 4.89. The van der Waals surface area contributed by atoms with Crippen LogP contribution in [0.15, 0.2) is 18.2 Å². The van der Waals surface area contributed by atoms with Crippen molar-refractivity contribution in [2.24, 2.45) is 5.92 Å². The molecule has 1 aromatic carbocycles. The summed E-state index contributed by atoms with van der Waals surface area (Å²) >= 11 is 0. The molecule has 0 amide bonds. The average molecular weight is 331 g/mol. The highest BCUT2D eigenvalue weighted by Crippen LogP contribution is 2.30. The first-order valence-corrected chi connectivity index (χ1v) is 8.06. The Morgan fingerprint density at radius 3 is 2.27 bits per heavy atom. The fraction of sp³-hybridized carbons (Fsp3) is 0.647. The van der Waals surface area contributed by atoms with Crippen LogP contribution in [0.5, 0.6) is 0 Å². The Hall–Kier alpha value is -0.710. The highest BCUT2D eigenvalue weighted by Gasteiger charge is 2.28. The molecular formula is C17H25ClF2N2. The van der Waals surface area contributed by atoms with Gasteiger partial charge in [0, 0.05) is 30.7 Å². The maximum Gasteiger partial charge on any atom is 0.130 e. The van der Waals surface area contributed by atoms with Gasteiger partial charge in [0.15, 0.2) is 0 Å². The predicted molar refractivity (Wildman–Crippen MR) is 87.3 cm³/mol. The molecule has 1 saturated carbocycles. The van der Waals surface area contributed by atoms with E-state index in [0.29, 0.717) is 6.04 Å². The first-order valence-electron chi connectivity index (χ1n) is 8.06. The zero-order chi connectivity index (χ0) is 14.8. The van der Waals surface area contributed by atoms with Crippen molar-refractivity contribution in [1.82, 2.24) is 10.2 Å². The molecular weight excluding hydrogens is 306 g/mol.